The van der Waals surface area contributed by atoms with Crippen molar-refractivity contribution < 1.29 is 4.79 Å². The Morgan fingerprint density at radius 1 is 1.00 bits per heavy atom. The molecule has 3 heterocycles. The summed E-state index contributed by atoms with van der Waals surface area (Å²) in [6.07, 6.45) is 5.48. The van der Waals surface area contributed by atoms with Gasteiger partial charge in [-0.05, 0) is 25.3 Å². The highest BCUT2D eigenvalue weighted by Gasteiger charge is 2.29. The van der Waals surface area contributed by atoms with Crippen LogP contribution in [0.4, 0.5) is 0 Å². The van der Waals surface area contributed by atoms with E-state index in [9.17, 15) is 4.79 Å². The van der Waals surface area contributed by atoms with Crippen LogP contribution < -0.4 is 0 Å². The highest BCUT2D eigenvalue weighted by atomic mass is 16.2. The fourth-order valence-corrected chi connectivity index (χ4v) is 4.57. The van der Waals surface area contributed by atoms with Gasteiger partial charge in [0.25, 0.3) is 5.91 Å². The van der Waals surface area contributed by atoms with Crippen LogP contribution in [-0.4, -0.2) is 48.4 Å². The summed E-state index contributed by atoms with van der Waals surface area (Å²) in [6.45, 7) is 5.01. The van der Waals surface area contributed by atoms with Crippen molar-refractivity contribution in [2.75, 3.05) is 13.1 Å². The Kier molecular flexibility index (Phi) is 6.02. The summed E-state index contributed by atoms with van der Waals surface area (Å²) in [6, 6.07) is 20.2. The summed E-state index contributed by atoms with van der Waals surface area (Å²) in [7, 11) is 0. The average Bonchev–Trinajstić information content (AvgIpc) is 3.52. The van der Waals surface area contributed by atoms with Gasteiger partial charge in [-0.25, -0.2) is 0 Å². The van der Waals surface area contributed by atoms with Crippen molar-refractivity contribution in [3.63, 3.8) is 0 Å². The van der Waals surface area contributed by atoms with Crippen LogP contribution in [0.1, 0.15) is 47.4 Å². The van der Waals surface area contributed by atoms with E-state index in [0.717, 1.165) is 42.0 Å². The minimum absolute atomic E-state index is 0.0450. The average molecular weight is 441 g/mol. The van der Waals surface area contributed by atoms with Crippen LogP contribution in [0.25, 0.3) is 11.3 Å². The second kappa shape index (κ2) is 9.40. The van der Waals surface area contributed by atoms with E-state index in [-0.39, 0.29) is 5.91 Å². The van der Waals surface area contributed by atoms with E-state index in [1.807, 2.05) is 64.3 Å². The maximum absolute atomic E-state index is 13.6. The molecule has 4 aromatic rings. The van der Waals surface area contributed by atoms with Crippen molar-refractivity contribution in [1.29, 1.82) is 0 Å². The Morgan fingerprint density at radius 2 is 1.70 bits per heavy atom. The lowest BCUT2D eigenvalue weighted by molar-refractivity contribution is 0.0711. The quantitative estimate of drug-likeness (QED) is 0.450. The molecule has 1 saturated heterocycles. The number of benzene rings is 2. The number of amides is 1. The summed E-state index contributed by atoms with van der Waals surface area (Å²) < 4.78 is 3.98. The van der Waals surface area contributed by atoms with Crippen LogP contribution in [0.5, 0.6) is 0 Å². The van der Waals surface area contributed by atoms with E-state index in [1.165, 1.54) is 0 Å². The van der Waals surface area contributed by atoms with E-state index < -0.39 is 0 Å². The van der Waals surface area contributed by atoms with Gasteiger partial charge >= 0.3 is 0 Å². The Morgan fingerprint density at radius 3 is 2.39 bits per heavy atom. The first-order chi connectivity index (χ1) is 16.2. The predicted octanol–water partition coefficient (Wildman–Crippen LogP) is 4.23. The van der Waals surface area contributed by atoms with E-state index in [4.69, 9.17) is 5.10 Å². The molecule has 7 heteroatoms. The molecular weight excluding hydrogens is 412 g/mol. The Balaban J connectivity index is 1.38. The third-order valence-electron chi connectivity index (χ3n) is 6.36. The Bertz CT molecular complexity index is 1210. The number of likely N-dealkylation sites (tertiary alicyclic amines) is 1. The van der Waals surface area contributed by atoms with Crippen LogP contribution in [0.3, 0.4) is 0 Å². The number of nitrogens with zero attached hydrogens (tertiary/aromatic N) is 6. The van der Waals surface area contributed by atoms with Gasteiger partial charge in [0.15, 0.2) is 0 Å². The first kappa shape index (κ1) is 21.1. The lowest BCUT2D eigenvalue weighted by atomic mass is 9.95. The smallest absolute Gasteiger partial charge is 0.257 e. The van der Waals surface area contributed by atoms with Gasteiger partial charge in [-0.2, -0.15) is 5.10 Å². The number of aryl methyl sites for hydroxylation is 1. The molecule has 2 aromatic carbocycles. The van der Waals surface area contributed by atoms with Crippen molar-refractivity contribution in [3.8, 4) is 11.3 Å². The second-order valence-corrected chi connectivity index (χ2v) is 8.48. The fourth-order valence-electron chi connectivity index (χ4n) is 4.57. The third-order valence-corrected chi connectivity index (χ3v) is 6.36. The minimum Gasteiger partial charge on any atom is -0.338 e. The number of hydrogen-bond acceptors (Lipinski definition) is 4. The van der Waals surface area contributed by atoms with Crippen LogP contribution >= 0.6 is 0 Å². The molecule has 0 N–H and O–H groups in total. The second-order valence-electron chi connectivity index (χ2n) is 8.48. The molecule has 33 heavy (non-hydrogen) atoms. The van der Waals surface area contributed by atoms with Gasteiger partial charge in [0, 0.05) is 37.3 Å². The van der Waals surface area contributed by atoms with E-state index in [0.29, 0.717) is 31.1 Å². The highest BCUT2D eigenvalue weighted by molar-refractivity contribution is 5.99. The minimum atomic E-state index is 0.0450. The molecule has 0 unspecified atom stereocenters. The van der Waals surface area contributed by atoms with Gasteiger partial charge in [0.05, 0.1) is 12.1 Å². The molecule has 1 fully saturated rings. The zero-order chi connectivity index (χ0) is 22.6. The molecule has 2 aromatic heterocycles. The molecule has 0 aliphatic carbocycles. The number of rotatable bonds is 6. The summed E-state index contributed by atoms with van der Waals surface area (Å²) >= 11 is 0. The summed E-state index contributed by atoms with van der Waals surface area (Å²) in [5, 5.41) is 13.2. The third kappa shape index (κ3) is 4.44. The monoisotopic (exact) mass is 440 g/mol. The first-order valence-corrected chi connectivity index (χ1v) is 11.6. The van der Waals surface area contributed by atoms with Crippen molar-refractivity contribution in [3.05, 3.63) is 90.1 Å². The highest BCUT2D eigenvalue weighted by Crippen LogP contribution is 2.29. The zero-order valence-electron chi connectivity index (χ0n) is 18.8. The fraction of sp³-hybridized carbons (Fsp3) is 0.308. The van der Waals surface area contributed by atoms with Gasteiger partial charge in [-0.1, -0.05) is 60.7 Å². The summed E-state index contributed by atoms with van der Waals surface area (Å²) in [5.41, 5.74) is 3.51. The van der Waals surface area contributed by atoms with Crippen LogP contribution in [0.2, 0.25) is 0 Å². The molecule has 168 valence electrons. The van der Waals surface area contributed by atoms with Gasteiger partial charge in [-0.3, -0.25) is 9.48 Å². The normalized spacial score (nSPS) is 14.5. The van der Waals surface area contributed by atoms with E-state index in [1.54, 1.807) is 6.33 Å². The molecule has 1 aliphatic rings. The topological polar surface area (TPSA) is 68.8 Å². The largest absolute Gasteiger partial charge is 0.338 e. The number of piperidine rings is 1. The molecule has 0 atom stereocenters. The van der Waals surface area contributed by atoms with Gasteiger partial charge in [0.2, 0.25) is 0 Å². The van der Waals surface area contributed by atoms with Gasteiger partial charge in [0.1, 0.15) is 17.8 Å². The molecule has 5 rings (SSSR count). The van der Waals surface area contributed by atoms with Crippen LogP contribution in [0.15, 0.2) is 73.2 Å². The maximum Gasteiger partial charge on any atom is 0.257 e. The van der Waals surface area contributed by atoms with E-state index in [2.05, 4.69) is 33.8 Å². The standard InChI is InChI=1S/C26H28N6O/c1-2-30-19-27-28-25(30)22-13-15-31(16-14-22)26(33)23-18-32(17-20-9-5-3-6-10-20)29-24(23)21-11-7-4-8-12-21/h3-12,18-19,22H,2,13-17H2,1H3. The van der Waals surface area contributed by atoms with Gasteiger partial charge in [-0.15, -0.1) is 10.2 Å². The lowest BCUT2D eigenvalue weighted by Gasteiger charge is -2.31. The van der Waals surface area contributed by atoms with E-state index >= 15 is 0 Å². The van der Waals surface area contributed by atoms with Crippen molar-refractivity contribution in [2.24, 2.45) is 0 Å². The van der Waals surface area contributed by atoms with Crippen molar-refractivity contribution in [2.45, 2.75) is 38.8 Å². The number of hydrogen-bond donors (Lipinski definition) is 0. The zero-order valence-corrected chi connectivity index (χ0v) is 18.8. The maximum atomic E-state index is 13.6. The molecule has 0 radical (unpaired) electrons. The molecule has 1 amide bonds. The van der Waals surface area contributed by atoms with Crippen LogP contribution in [0, 0.1) is 0 Å². The van der Waals surface area contributed by atoms with Crippen molar-refractivity contribution in [1.82, 2.24) is 29.4 Å². The Hall–Kier alpha value is -3.74. The summed E-state index contributed by atoms with van der Waals surface area (Å²) in [5.74, 6) is 1.42. The first-order valence-electron chi connectivity index (χ1n) is 11.6. The van der Waals surface area contributed by atoms with Crippen LogP contribution in [-0.2, 0) is 13.1 Å². The number of carbonyl (C=O) groups is 1. The lowest BCUT2D eigenvalue weighted by Crippen LogP contribution is -2.38. The molecule has 0 bridgehead atoms. The molecule has 0 saturated carbocycles. The number of carbonyl (C=O) groups excluding carboxylic acids is 1. The SMILES string of the molecule is CCn1cnnc1C1CCN(C(=O)c2cn(Cc3ccccc3)nc2-c2ccccc2)CC1. The predicted molar refractivity (Wildman–Crippen MR) is 127 cm³/mol. The number of aromatic nitrogens is 5. The van der Waals surface area contributed by atoms with Gasteiger partial charge < -0.3 is 9.47 Å². The molecular formula is C26H28N6O. The molecule has 7 nitrogen and oxygen atoms in total. The van der Waals surface area contributed by atoms with Crippen molar-refractivity contribution >= 4 is 5.91 Å². The summed E-state index contributed by atoms with van der Waals surface area (Å²) in [4.78, 5) is 15.6. The molecule has 0 spiro atoms. The molecule has 1 aliphatic heterocycles. The Labute approximate surface area is 193 Å².